The second-order valence-corrected chi connectivity index (χ2v) is 23.2. The van der Waals surface area contributed by atoms with Crippen molar-refractivity contribution in [2.75, 3.05) is 65.9 Å². The van der Waals surface area contributed by atoms with Gasteiger partial charge >= 0.3 is 0 Å². The molecule has 0 unspecified atom stereocenters. The van der Waals surface area contributed by atoms with E-state index in [1.165, 1.54) is 0 Å². The molecule has 0 aromatic rings. The molecule has 22 aliphatic rings. The van der Waals surface area contributed by atoms with Gasteiger partial charge in [0.15, 0.2) is 50.3 Å². The number of ether oxygens (including phenoxy) is 16. The van der Waals surface area contributed by atoms with Gasteiger partial charge < -0.3 is 204 Å². The van der Waals surface area contributed by atoms with E-state index in [0.29, 0.717) is 0 Å². The van der Waals surface area contributed by atoms with Crippen LogP contribution in [-0.4, -0.2) is 434 Å². The van der Waals surface area contributed by atoms with Crippen molar-refractivity contribution in [1.29, 1.82) is 0 Å². The van der Waals surface area contributed by atoms with Crippen molar-refractivity contribution < 1.29 is 198 Å². The Balaban J connectivity index is 0.991. The molecule has 25 N–H and O–H groups in total. The predicted molar refractivity (Wildman–Crippen MR) is 274 cm³/mol. The minimum Gasteiger partial charge on any atom is -0.394 e. The lowest BCUT2D eigenvalue weighted by Crippen LogP contribution is -2.68. The minimum atomic E-state index is -2.27. The highest BCUT2D eigenvalue weighted by Gasteiger charge is 2.60. The lowest BCUT2D eigenvalue weighted by atomic mass is 9.95. The second-order valence-electron chi connectivity index (χ2n) is 23.2. The lowest BCUT2D eigenvalue weighted by Gasteiger charge is -2.50. The molecule has 91 heavy (non-hydrogen) atoms. The summed E-state index contributed by atoms with van der Waals surface area (Å²) < 4.78 is 91.9. The molecule has 0 aliphatic carbocycles. The largest absolute Gasteiger partial charge is 0.394 e. The van der Waals surface area contributed by atoms with Crippen LogP contribution in [0.25, 0.3) is 0 Å². The number of hydrogen-bond acceptors (Lipinski definition) is 41. The molecule has 22 heterocycles. The summed E-state index contributed by atoms with van der Waals surface area (Å²) in [5.41, 5.74) is 0. The third-order valence-corrected chi connectivity index (χ3v) is 17.4. The topological polar surface area (TPSA) is 645 Å². The van der Waals surface area contributed by atoms with Crippen molar-refractivity contribution >= 4 is 0 Å². The van der Waals surface area contributed by atoms with Gasteiger partial charge in [-0.05, 0) is 0 Å². The molecular formula is C50H85NO40. The number of rotatable bonds is 13. The first-order chi connectivity index (χ1) is 43.4. The van der Waals surface area contributed by atoms with Gasteiger partial charge in [-0.2, -0.15) is 0 Å². The first-order valence-electron chi connectivity index (χ1n) is 29.3. The van der Waals surface area contributed by atoms with E-state index in [1.54, 1.807) is 0 Å². The quantitative estimate of drug-likeness (QED) is 0.0762. The van der Waals surface area contributed by atoms with Gasteiger partial charge in [0.05, 0.1) is 52.9 Å². The van der Waals surface area contributed by atoms with Crippen LogP contribution in [0.4, 0.5) is 0 Å². The smallest absolute Gasteiger partial charge is 0.187 e. The van der Waals surface area contributed by atoms with E-state index in [-0.39, 0.29) is 13.2 Å². The Labute approximate surface area is 514 Å². The number of aliphatic hydroxyl groups is 24. The van der Waals surface area contributed by atoms with Crippen LogP contribution in [0.2, 0.25) is 0 Å². The van der Waals surface area contributed by atoms with Gasteiger partial charge in [-0.15, -0.1) is 0 Å². The van der Waals surface area contributed by atoms with Crippen molar-refractivity contribution in [3.05, 3.63) is 0 Å². The van der Waals surface area contributed by atoms with Crippen LogP contribution in [0.3, 0.4) is 0 Å². The second kappa shape index (κ2) is 31.9. The van der Waals surface area contributed by atoms with E-state index >= 15 is 0 Å². The maximum atomic E-state index is 11.8. The van der Waals surface area contributed by atoms with Crippen LogP contribution in [0.5, 0.6) is 0 Å². The van der Waals surface area contributed by atoms with Crippen molar-refractivity contribution in [2.24, 2.45) is 0 Å². The normalized spacial score (nSPS) is 53.8. The van der Waals surface area contributed by atoms with Gasteiger partial charge in [-0.1, -0.05) is 0 Å². The van der Waals surface area contributed by atoms with Gasteiger partial charge in [0.1, 0.15) is 195 Å². The Morgan fingerprint density at radius 2 is 0.440 bits per heavy atom. The molecule has 0 spiro atoms. The van der Waals surface area contributed by atoms with E-state index in [4.69, 9.17) is 75.8 Å². The van der Waals surface area contributed by atoms with Crippen LogP contribution in [0, 0.1) is 0 Å². The van der Waals surface area contributed by atoms with Crippen LogP contribution in [-0.2, 0) is 75.8 Å². The van der Waals surface area contributed by atoms with Crippen molar-refractivity contribution in [2.45, 2.75) is 246 Å². The van der Waals surface area contributed by atoms with Crippen molar-refractivity contribution in [3.63, 3.8) is 0 Å². The fourth-order valence-electron chi connectivity index (χ4n) is 12.1. The van der Waals surface area contributed by atoms with E-state index in [1.807, 2.05) is 0 Å². The van der Waals surface area contributed by atoms with Crippen molar-refractivity contribution in [3.8, 4) is 0 Å². The van der Waals surface area contributed by atoms with Crippen LogP contribution >= 0.6 is 0 Å². The fourth-order valence-corrected chi connectivity index (χ4v) is 12.1. The summed E-state index contributed by atoms with van der Waals surface area (Å²) in [6.45, 7) is -8.34. The van der Waals surface area contributed by atoms with Crippen molar-refractivity contribution in [1.82, 2.24) is 5.32 Å². The fraction of sp³-hybridized carbons (Fsp3) is 1.00. The standard InChI is InChI=1S/C50H85NO40/c52-4-12-19(59)20(60)28(68)43(78-12)76-2-1-51-3-11-36-21(61)29(69)44(77-11)86-37-13(5-53)80-46(31(71)23(37)63)88-39-15(7-55)82-48(33(73)25(39)65)90-41-17(9-57)84-50(35(75)27(41)67)91-42-18(10-58)83-49(34(74)26(42)66)89-40-16(8-56)81-47(32(72)24(40)64)87-38-14(6-54)79-45(85-36)30(70)22(38)62/h11-75H,1-10H2/t11-,12-,13-,14-,15-,16-,17-,18-,19+,20+,21-,22-,23-,24-,25-,26-,27-,28-,29-,30-,31+,32-,33+,34-,35-,36-,37-,38-,39-,40-,41-,42-,43+,44-,45-,46-,47-,48-,49-,50-/m1/s1. The van der Waals surface area contributed by atoms with Crippen LogP contribution in [0.1, 0.15) is 0 Å². The van der Waals surface area contributed by atoms with E-state index in [2.05, 4.69) is 5.32 Å². The highest BCUT2D eigenvalue weighted by molar-refractivity contribution is 5.02. The Hall–Kier alpha value is -1.64. The number of nitrogens with one attached hydrogen (secondary N) is 1. The molecule has 530 valence electrons. The number of aliphatic hydroxyl groups excluding tert-OH is 24. The predicted octanol–water partition coefficient (Wildman–Crippen LogP) is -17.8. The average molecular weight is 1340 g/mol. The summed E-state index contributed by atoms with van der Waals surface area (Å²) >= 11 is 0. The van der Waals surface area contributed by atoms with Gasteiger partial charge in [-0.3, -0.25) is 0 Å². The molecule has 22 aliphatic heterocycles. The molecule has 0 saturated carbocycles. The molecule has 0 radical (unpaired) electrons. The molecule has 22 rings (SSSR count). The zero-order valence-corrected chi connectivity index (χ0v) is 47.9. The van der Waals surface area contributed by atoms with E-state index < -0.39 is 298 Å². The summed E-state index contributed by atoms with van der Waals surface area (Å²) in [4.78, 5) is 0. The van der Waals surface area contributed by atoms with Crippen LogP contribution in [0.15, 0.2) is 0 Å². The third kappa shape index (κ3) is 15.2. The molecule has 41 nitrogen and oxygen atoms in total. The third-order valence-electron chi connectivity index (χ3n) is 17.4. The Kier molecular flexibility index (Phi) is 25.8. The molecule has 40 atom stereocenters. The lowest BCUT2D eigenvalue weighted by molar-refractivity contribution is -0.396. The number of hydrogen-bond donors (Lipinski definition) is 25. The Morgan fingerprint density at radius 1 is 0.220 bits per heavy atom. The molecule has 0 amide bonds. The summed E-state index contributed by atoms with van der Waals surface area (Å²) in [7, 11) is 0. The summed E-state index contributed by atoms with van der Waals surface area (Å²) in [6, 6.07) is 0. The Morgan fingerprint density at radius 3 is 0.670 bits per heavy atom. The first-order valence-corrected chi connectivity index (χ1v) is 29.3. The Bertz CT molecular complexity index is 2190. The van der Waals surface area contributed by atoms with Crippen LogP contribution < -0.4 is 5.32 Å². The molecule has 22 fully saturated rings. The highest BCUT2D eigenvalue weighted by atomic mass is 16.8. The summed E-state index contributed by atoms with van der Waals surface area (Å²) in [5, 5.41) is 267. The van der Waals surface area contributed by atoms with Gasteiger partial charge in [-0.25, -0.2) is 0 Å². The highest BCUT2D eigenvalue weighted by Crippen LogP contribution is 2.39. The molecule has 41 heteroatoms. The van der Waals surface area contributed by atoms with Gasteiger partial charge in [0.2, 0.25) is 0 Å². The maximum Gasteiger partial charge on any atom is 0.187 e. The summed E-state index contributed by atoms with van der Waals surface area (Å²) in [6.07, 6.45) is -79.9. The molecule has 14 bridgehead atoms. The zero-order valence-electron chi connectivity index (χ0n) is 47.9. The first kappa shape index (κ1) is 73.6. The summed E-state index contributed by atoms with van der Waals surface area (Å²) in [5.74, 6) is 0. The molecule has 0 aromatic carbocycles. The van der Waals surface area contributed by atoms with Gasteiger partial charge in [0, 0.05) is 13.1 Å². The average Bonchev–Trinajstić information content (AvgIpc) is 0.800. The molecular weight excluding hydrogens is 1250 g/mol. The molecule has 22 saturated heterocycles. The van der Waals surface area contributed by atoms with Gasteiger partial charge in [0.25, 0.3) is 0 Å². The SMILES string of the molecule is OC[C@H]1O[C@H](OCCNC[C@H]2O[C@@H]3O[C@H]4[C@H](O)[C@H](O)[C@@H](O[C@H]5[C@H](O)[C@H](O)[C@@H](O[C@H]6[C@H](O)[C@@H](O)[C@@H](O[C@H]7[C@H](O)[C@@H](O)[C@@H](O[C@H]8[C@H](O)[C@@H](O)[C@@H](O[C@H]9[C@H](O)[C@@H](O)[C@@H](O[C@H]2[C@H](O)[C@H]3O)O[C@@H]9CO)O[C@@H]8CO)O[C@@H]7CO)O[C@@H]6CO)O[C@@H]5CO)O[C@@H]4CO)[C@H](O)[C@@H](O)[C@H]1O. The monoisotopic (exact) mass is 1340 g/mol. The minimum absolute atomic E-state index is 0.225. The zero-order chi connectivity index (χ0) is 66.2. The van der Waals surface area contributed by atoms with E-state index in [0.717, 1.165) is 0 Å². The molecule has 0 aromatic heterocycles. The maximum absolute atomic E-state index is 11.8. The van der Waals surface area contributed by atoms with E-state index in [9.17, 15) is 123 Å².